The maximum atomic E-state index is 13.8. The van der Waals surface area contributed by atoms with Gasteiger partial charge in [-0.1, -0.05) is 38.1 Å². The van der Waals surface area contributed by atoms with Gasteiger partial charge in [-0.25, -0.2) is 14.3 Å². The third-order valence-electron chi connectivity index (χ3n) is 7.66. The Morgan fingerprint density at radius 2 is 2.09 bits per heavy atom. The molecule has 2 N–H and O–H groups in total. The van der Waals surface area contributed by atoms with Crippen molar-refractivity contribution in [2.24, 2.45) is 5.41 Å². The molecule has 178 valence electrons. The van der Waals surface area contributed by atoms with Gasteiger partial charge in [-0.2, -0.15) is 0 Å². The quantitative estimate of drug-likeness (QED) is 0.660. The van der Waals surface area contributed by atoms with Gasteiger partial charge >= 0.3 is 6.09 Å². The number of nitrogens with zero attached hydrogens (tertiary/aromatic N) is 3. The Labute approximate surface area is 198 Å². The molecule has 4 atom stereocenters. The number of anilines is 1. The minimum Gasteiger partial charge on any atom is -0.449 e. The van der Waals surface area contributed by atoms with E-state index in [0.717, 1.165) is 11.3 Å². The van der Waals surface area contributed by atoms with Crippen molar-refractivity contribution in [3.8, 4) is 0 Å². The van der Waals surface area contributed by atoms with Crippen molar-refractivity contribution in [3.05, 3.63) is 60.7 Å². The second-order valence-electron chi connectivity index (χ2n) is 9.69. The molecule has 2 amide bonds. The molecule has 1 aromatic heterocycles. The lowest BCUT2D eigenvalue weighted by atomic mass is 9.60. The highest BCUT2D eigenvalue weighted by Gasteiger charge is 2.67. The van der Waals surface area contributed by atoms with Crippen LogP contribution in [0.1, 0.15) is 38.4 Å². The van der Waals surface area contributed by atoms with Gasteiger partial charge in [-0.05, 0) is 30.4 Å². The molecule has 0 spiro atoms. The maximum absolute atomic E-state index is 13.8. The van der Waals surface area contributed by atoms with Gasteiger partial charge in [0.25, 0.3) is 0 Å². The number of imidazole rings is 1. The van der Waals surface area contributed by atoms with Crippen LogP contribution in [0.5, 0.6) is 0 Å². The Hall–Kier alpha value is -3.62. The number of piperazine rings is 1. The topological polar surface area (TPSA) is 106 Å². The predicted octanol–water partition coefficient (Wildman–Crippen LogP) is 2.43. The molecule has 9 nitrogen and oxygen atoms in total. The molecule has 3 aliphatic rings. The van der Waals surface area contributed by atoms with E-state index in [-0.39, 0.29) is 36.4 Å². The van der Waals surface area contributed by atoms with Crippen molar-refractivity contribution in [1.29, 1.82) is 0 Å². The summed E-state index contributed by atoms with van der Waals surface area (Å²) in [7, 11) is 0. The fourth-order valence-electron chi connectivity index (χ4n) is 5.80. The molecule has 0 unspecified atom stereocenters. The number of carbonyl (C=O) groups excluding carboxylic acids is 3. The van der Waals surface area contributed by atoms with Gasteiger partial charge in [-0.15, -0.1) is 6.58 Å². The highest BCUT2D eigenvalue weighted by atomic mass is 16.5. The molecule has 3 aliphatic heterocycles. The smallest absolute Gasteiger partial charge is 0.419 e. The lowest BCUT2D eigenvalue weighted by Gasteiger charge is -2.44. The Bertz CT molecular complexity index is 1190. The van der Waals surface area contributed by atoms with E-state index in [4.69, 9.17) is 4.74 Å². The van der Waals surface area contributed by atoms with Crippen LogP contribution in [0.25, 0.3) is 0 Å². The van der Waals surface area contributed by atoms with Crippen molar-refractivity contribution in [1.82, 2.24) is 19.8 Å². The van der Waals surface area contributed by atoms with Gasteiger partial charge in [0.2, 0.25) is 11.8 Å². The largest absolute Gasteiger partial charge is 0.449 e. The standard InChI is InChI=1S/C25H29N5O4/c1-5-24(3,4)25-12-19-20(31)27-18(11-15-13-29(14-26-15)23(33)34-6-2)21(32)30(19)22(25)28-17-10-8-7-9-16(17)25/h5,7-10,13-14,18-19,22,28H,1,6,11-12H2,2-4H3,(H,27,31)/t18-,19-,22-,25+/m0/s1. The van der Waals surface area contributed by atoms with Gasteiger partial charge in [0.15, 0.2) is 0 Å². The molecule has 5 rings (SSSR count). The average molecular weight is 464 g/mol. The Morgan fingerprint density at radius 3 is 2.82 bits per heavy atom. The zero-order valence-electron chi connectivity index (χ0n) is 19.6. The van der Waals surface area contributed by atoms with Gasteiger partial charge in [0.1, 0.15) is 24.6 Å². The van der Waals surface area contributed by atoms with E-state index in [1.807, 2.05) is 24.3 Å². The number of benzene rings is 1. The van der Waals surface area contributed by atoms with Crippen molar-refractivity contribution >= 4 is 23.6 Å². The van der Waals surface area contributed by atoms with E-state index in [1.54, 1.807) is 11.8 Å². The molecular weight excluding hydrogens is 434 g/mol. The van der Waals surface area contributed by atoms with Crippen LogP contribution in [-0.2, 0) is 26.2 Å². The molecule has 4 heterocycles. The van der Waals surface area contributed by atoms with Gasteiger partial charge in [0.05, 0.1) is 12.3 Å². The second kappa shape index (κ2) is 7.72. The van der Waals surface area contributed by atoms with Crippen LogP contribution in [0.4, 0.5) is 10.5 Å². The predicted molar refractivity (Wildman–Crippen MR) is 125 cm³/mol. The zero-order chi connectivity index (χ0) is 24.3. The van der Waals surface area contributed by atoms with Crippen LogP contribution < -0.4 is 10.6 Å². The number of carbonyl (C=O) groups is 3. The van der Waals surface area contributed by atoms with Gasteiger partial charge < -0.3 is 20.3 Å². The average Bonchev–Trinajstić information content (AvgIpc) is 3.50. The van der Waals surface area contributed by atoms with Crippen LogP contribution >= 0.6 is 0 Å². The Morgan fingerprint density at radius 1 is 1.32 bits per heavy atom. The number of para-hydroxylation sites is 1. The summed E-state index contributed by atoms with van der Waals surface area (Å²) >= 11 is 0. The first-order chi connectivity index (χ1) is 16.2. The molecule has 1 aromatic carbocycles. The summed E-state index contributed by atoms with van der Waals surface area (Å²) in [4.78, 5) is 44.9. The monoisotopic (exact) mass is 463 g/mol. The number of hydrogen-bond acceptors (Lipinski definition) is 6. The molecule has 0 aliphatic carbocycles. The maximum Gasteiger partial charge on any atom is 0.419 e. The van der Waals surface area contributed by atoms with E-state index in [2.05, 4.69) is 42.1 Å². The molecular formula is C25H29N5O4. The Kier molecular flexibility index (Phi) is 5.03. The number of rotatable bonds is 5. The number of ether oxygens (including phenoxy) is 1. The second-order valence-corrected chi connectivity index (χ2v) is 9.69. The fraction of sp³-hybridized carbons (Fsp3) is 0.440. The van der Waals surface area contributed by atoms with E-state index in [9.17, 15) is 14.4 Å². The van der Waals surface area contributed by atoms with Crippen molar-refractivity contribution < 1.29 is 19.1 Å². The van der Waals surface area contributed by atoms with Crippen molar-refractivity contribution in [2.45, 2.75) is 57.3 Å². The SMILES string of the molecule is C=CC(C)(C)[C@@]12C[C@H]3C(=O)N[C@@H](Cc4cn(C(=O)OCC)cn4)C(=O)N3[C@@H]1Nc1ccccc12. The van der Waals surface area contributed by atoms with Crippen molar-refractivity contribution in [3.63, 3.8) is 0 Å². The molecule has 2 fully saturated rings. The highest BCUT2D eigenvalue weighted by molar-refractivity contribution is 5.99. The number of amides is 2. The normalized spacial score (nSPS) is 27.4. The van der Waals surface area contributed by atoms with Gasteiger partial charge in [-0.3, -0.25) is 9.59 Å². The molecule has 2 aromatic rings. The van der Waals surface area contributed by atoms with Crippen molar-refractivity contribution in [2.75, 3.05) is 11.9 Å². The lowest BCUT2D eigenvalue weighted by molar-refractivity contribution is -0.148. The van der Waals surface area contributed by atoms with Crippen LogP contribution in [-0.4, -0.2) is 57.2 Å². The summed E-state index contributed by atoms with van der Waals surface area (Å²) < 4.78 is 6.22. The van der Waals surface area contributed by atoms with E-state index >= 15 is 0 Å². The molecule has 0 saturated carbocycles. The molecule has 2 saturated heterocycles. The molecule has 34 heavy (non-hydrogen) atoms. The number of allylic oxidation sites excluding steroid dienone is 1. The van der Waals surface area contributed by atoms with E-state index < -0.39 is 23.6 Å². The first kappa shape index (κ1) is 22.2. The first-order valence-corrected chi connectivity index (χ1v) is 11.6. The fourth-order valence-corrected chi connectivity index (χ4v) is 5.80. The molecule has 0 radical (unpaired) electrons. The summed E-state index contributed by atoms with van der Waals surface area (Å²) in [5, 5.41) is 6.44. The van der Waals surface area contributed by atoms with Crippen LogP contribution in [0.3, 0.4) is 0 Å². The number of fused-ring (bicyclic) bond motifs is 5. The third kappa shape index (κ3) is 2.99. The van der Waals surface area contributed by atoms with E-state index in [0.29, 0.717) is 12.1 Å². The van der Waals surface area contributed by atoms with Crippen LogP contribution in [0.15, 0.2) is 49.4 Å². The minimum absolute atomic E-state index is 0.165. The summed E-state index contributed by atoms with van der Waals surface area (Å²) in [5.41, 5.74) is 1.71. The summed E-state index contributed by atoms with van der Waals surface area (Å²) in [5.74, 6) is -0.343. The Balaban J connectivity index is 1.47. The summed E-state index contributed by atoms with van der Waals surface area (Å²) in [6, 6.07) is 6.69. The lowest BCUT2D eigenvalue weighted by Crippen LogP contribution is -2.65. The first-order valence-electron chi connectivity index (χ1n) is 11.6. The van der Waals surface area contributed by atoms with Crippen LogP contribution in [0.2, 0.25) is 0 Å². The summed E-state index contributed by atoms with van der Waals surface area (Å²) in [6.45, 7) is 10.3. The number of nitrogens with one attached hydrogen (secondary N) is 2. The number of aromatic nitrogens is 2. The zero-order valence-corrected chi connectivity index (χ0v) is 19.6. The molecule has 9 heteroatoms. The third-order valence-corrected chi connectivity index (χ3v) is 7.66. The van der Waals surface area contributed by atoms with Crippen LogP contribution in [0, 0.1) is 5.41 Å². The highest BCUT2D eigenvalue weighted by Crippen LogP contribution is 2.60. The minimum atomic E-state index is -0.776. The van der Waals surface area contributed by atoms with E-state index in [1.165, 1.54) is 17.1 Å². The molecule has 0 bridgehead atoms. The summed E-state index contributed by atoms with van der Waals surface area (Å²) in [6.07, 6.45) is 4.57. The van der Waals surface area contributed by atoms with Gasteiger partial charge in [0, 0.05) is 23.7 Å². The number of hydrogen-bond donors (Lipinski definition) is 2.